The quantitative estimate of drug-likeness (QED) is 0.673. The van der Waals surface area contributed by atoms with Gasteiger partial charge in [-0.25, -0.2) is 0 Å². The second kappa shape index (κ2) is 9.92. The van der Waals surface area contributed by atoms with Gasteiger partial charge in [0.2, 0.25) is 11.8 Å². The van der Waals surface area contributed by atoms with Gasteiger partial charge in [0.25, 0.3) is 0 Å². The summed E-state index contributed by atoms with van der Waals surface area (Å²) in [6.07, 6.45) is -1.61. The van der Waals surface area contributed by atoms with Crippen LogP contribution in [0.2, 0.25) is 0 Å². The molecule has 2 amide bonds. The monoisotopic (exact) mass is 440 g/mol. The summed E-state index contributed by atoms with van der Waals surface area (Å²) in [7, 11) is 1.57. The molecule has 1 aromatic rings. The molecule has 1 aromatic carbocycles. The van der Waals surface area contributed by atoms with Crippen LogP contribution in [-0.2, 0) is 9.59 Å². The number of carbonyl (C=O) groups excluding carboxylic acids is 2. The van der Waals surface area contributed by atoms with Gasteiger partial charge in [0.05, 0.1) is 25.0 Å². The summed E-state index contributed by atoms with van der Waals surface area (Å²) in [6, 6.07) is 6.71. The number of hydrogen-bond donors (Lipinski definition) is 1. The normalized spacial score (nSPS) is 26.7. The van der Waals surface area contributed by atoms with Gasteiger partial charge in [-0.05, 0) is 49.8 Å². The van der Waals surface area contributed by atoms with Crippen molar-refractivity contribution in [2.45, 2.75) is 70.1 Å². The molecule has 1 heterocycles. The Morgan fingerprint density at radius 2 is 1.81 bits per heavy atom. The maximum absolute atomic E-state index is 13.1. The highest BCUT2D eigenvalue weighted by Gasteiger charge is 2.45. The maximum atomic E-state index is 13.1. The summed E-state index contributed by atoms with van der Waals surface area (Å²) >= 11 is 0. The number of methoxy groups -OCH3 is 1. The van der Waals surface area contributed by atoms with Crippen molar-refractivity contribution in [3.05, 3.63) is 29.8 Å². The molecule has 2 fully saturated rings. The van der Waals surface area contributed by atoms with Crippen LogP contribution in [0.5, 0.6) is 5.75 Å². The first kappa shape index (κ1) is 23.4. The van der Waals surface area contributed by atoms with Crippen LogP contribution < -0.4 is 10.1 Å². The Morgan fingerprint density at radius 3 is 2.35 bits per heavy atom. The van der Waals surface area contributed by atoms with Crippen LogP contribution in [0.1, 0.15) is 63.5 Å². The largest absolute Gasteiger partial charge is 0.497 e. The molecule has 8 heteroatoms. The van der Waals surface area contributed by atoms with Crippen molar-refractivity contribution >= 4 is 11.8 Å². The average molecular weight is 441 g/mol. The number of nitrogens with zero attached hydrogens (tertiary/aromatic N) is 1. The van der Waals surface area contributed by atoms with Crippen LogP contribution in [0.3, 0.4) is 0 Å². The van der Waals surface area contributed by atoms with E-state index >= 15 is 0 Å². The SMILES string of the molecule is CCCCN1C(=O)CC(C(=O)NC2CCC(C(F)(F)F)CC2)C1c1ccc(OC)cc1. The summed E-state index contributed by atoms with van der Waals surface area (Å²) in [4.78, 5) is 27.6. The summed E-state index contributed by atoms with van der Waals surface area (Å²) in [5.74, 6) is -1.46. The predicted octanol–water partition coefficient (Wildman–Crippen LogP) is 4.62. The third kappa shape index (κ3) is 5.52. The van der Waals surface area contributed by atoms with Crippen LogP contribution >= 0.6 is 0 Å². The van der Waals surface area contributed by atoms with Crippen molar-refractivity contribution in [3.8, 4) is 5.75 Å². The smallest absolute Gasteiger partial charge is 0.391 e. The van der Waals surface area contributed by atoms with Crippen LogP contribution in [0.15, 0.2) is 24.3 Å². The van der Waals surface area contributed by atoms with Gasteiger partial charge in [0.1, 0.15) is 5.75 Å². The van der Waals surface area contributed by atoms with Crippen molar-refractivity contribution in [1.82, 2.24) is 10.2 Å². The average Bonchev–Trinajstić information content (AvgIpc) is 3.08. The number of benzene rings is 1. The highest BCUT2D eigenvalue weighted by atomic mass is 19.4. The van der Waals surface area contributed by atoms with E-state index in [9.17, 15) is 22.8 Å². The van der Waals surface area contributed by atoms with Crippen molar-refractivity contribution < 1.29 is 27.5 Å². The molecule has 0 radical (unpaired) electrons. The van der Waals surface area contributed by atoms with E-state index < -0.39 is 18.0 Å². The fourth-order valence-electron chi connectivity index (χ4n) is 4.70. The number of hydrogen-bond acceptors (Lipinski definition) is 3. The van der Waals surface area contributed by atoms with E-state index in [2.05, 4.69) is 5.32 Å². The lowest BCUT2D eigenvalue weighted by Crippen LogP contribution is -2.43. The minimum Gasteiger partial charge on any atom is -0.497 e. The number of alkyl halides is 3. The van der Waals surface area contributed by atoms with Crippen molar-refractivity contribution in [2.75, 3.05) is 13.7 Å². The zero-order chi connectivity index (χ0) is 22.6. The molecule has 172 valence electrons. The summed E-state index contributed by atoms with van der Waals surface area (Å²) in [6.45, 7) is 2.62. The first-order chi connectivity index (χ1) is 14.7. The van der Waals surface area contributed by atoms with Crippen LogP contribution in [0, 0.1) is 11.8 Å². The molecule has 1 aliphatic carbocycles. The lowest BCUT2D eigenvalue weighted by Gasteiger charge is -2.32. The number of nitrogens with one attached hydrogen (secondary N) is 1. The van der Waals surface area contributed by atoms with E-state index in [-0.39, 0.29) is 43.2 Å². The van der Waals surface area contributed by atoms with Crippen molar-refractivity contribution in [3.63, 3.8) is 0 Å². The third-order valence-corrected chi connectivity index (χ3v) is 6.51. The van der Waals surface area contributed by atoms with Crippen molar-refractivity contribution in [1.29, 1.82) is 0 Å². The van der Waals surface area contributed by atoms with Gasteiger partial charge < -0.3 is 15.0 Å². The summed E-state index contributed by atoms with van der Waals surface area (Å²) in [5, 5.41) is 2.94. The zero-order valence-corrected chi connectivity index (χ0v) is 18.1. The number of unbranched alkanes of at least 4 members (excludes halogenated alkanes) is 1. The maximum Gasteiger partial charge on any atom is 0.391 e. The van der Waals surface area contributed by atoms with E-state index in [1.165, 1.54) is 0 Å². The van der Waals surface area contributed by atoms with Crippen LogP contribution in [0.25, 0.3) is 0 Å². The Labute approximate surface area is 181 Å². The summed E-state index contributed by atoms with van der Waals surface area (Å²) < 4.78 is 44.0. The highest BCUT2D eigenvalue weighted by Crippen LogP contribution is 2.40. The molecular weight excluding hydrogens is 409 g/mol. The standard InChI is InChI=1S/C23H31F3N2O3/c1-3-4-13-28-20(29)14-19(21(28)15-5-11-18(31-2)12-6-15)22(30)27-17-9-7-16(8-10-17)23(24,25)26/h5-6,11-12,16-17,19,21H,3-4,7-10,13-14H2,1-2H3,(H,27,30). The van der Waals surface area contributed by atoms with E-state index in [1.807, 2.05) is 31.2 Å². The molecule has 0 aromatic heterocycles. The molecule has 0 spiro atoms. The number of halogens is 3. The Kier molecular flexibility index (Phi) is 7.49. The predicted molar refractivity (Wildman–Crippen MR) is 110 cm³/mol. The molecule has 3 rings (SSSR count). The second-order valence-electron chi connectivity index (χ2n) is 8.57. The molecule has 1 N–H and O–H groups in total. The molecule has 1 saturated carbocycles. The van der Waals surface area contributed by atoms with Gasteiger partial charge in [0.15, 0.2) is 0 Å². The van der Waals surface area contributed by atoms with Crippen LogP contribution in [0.4, 0.5) is 13.2 Å². The van der Waals surface area contributed by atoms with Gasteiger partial charge in [-0.15, -0.1) is 0 Å². The van der Waals surface area contributed by atoms with Crippen LogP contribution in [-0.4, -0.2) is 42.6 Å². The van der Waals surface area contributed by atoms with E-state index in [0.717, 1.165) is 18.4 Å². The molecule has 0 bridgehead atoms. The highest BCUT2D eigenvalue weighted by molar-refractivity contribution is 5.90. The van der Waals surface area contributed by atoms with Gasteiger partial charge >= 0.3 is 6.18 Å². The molecule has 1 saturated heterocycles. The number of ether oxygens (including phenoxy) is 1. The zero-order valence-electron chi connectivity index (χ0n) is 18.1. The number of rotatable bonds is 7. The molecule has 2 aliphatic rings. The Balaban J connectivity index is 1.72. The van der Waals surface area contributed by atoms with Gasteiger partial charge in [-0.1, -0.05) is 25.5 Å². The third-order valence-electron chi connectivity index (χ3n) is 6.51. The first-order valence-corrected chi connectivity index (χ1v) is 11.0. The van der Waals surface area contributed by atoms with Gasteiger partial charge in [-0.3, -0.25) is 9.59 Å². The minimum atomic E-state index is -4.17. The lowest BCUT2D eigenvalue weighted by atomic mass is 9.85. The lowest BCUT2D eigenvalue weighted by molar-refractivity contribution is -0.182. The first-order valence-electron chi connectivity index (χ1n) is 11.0. The Hall–Kier alpha value is -2.25. The Morgan fingerprint density at radius 1 is 1.16 bits per heavy atom. The van der Waals surface area contributed by atoms with Gasteiger partial charge in [0, 0.05) is 19.0 Å². The Bertz CT molecular complexity index is 758. The molecule has 2 atom stereocenters. The molecule has 31 heavy (non-hydrogen) atoms. The summed E-state index contributed by atoms with van der Waals surface area (Å²) in [5.41, 5.74) is 0.865. The van der Waals surface area contributed by atoms with E-state index in [1.54, 1.807) is 12.0 Å². The molecule has 2 unspecified atom stereocenters. The van der Waals surface area contributed by atoms with E-state index in [0.29, 0.717) is 25.1 Å². The number of carbonyl (C=O) groups is 2. The van der Waals surface area contributed by atoms with Gasteiger partial charge in [-0.2, -0.15) is 13.2 Å². The second-order valence-corrected chi connectivity index (χ2v) is 8.57. The molecule has 5 nitrogen and oxygen atoms in total. The topological polar surface area (TPSA) is 58.6 Å². The number of likely N-dealkylation sites (tertiary alicyclic amines) is 1. The number of amides is 2. The van der Waals surface area contributed by atoms with E-state index in [4.69, 9.17) is 4.74 Å². The fourth-order valence-corrected chi connectivity index (χ4v) is 4.70. The fraction of sp³-hybridized carbons (Fsp3) is 0.652. The minimum absolute atomic E-state index is 0.0303. The van der Waals surface area contributed by atoms with Crippen molar-refractivity contribution in [2.24, 2.45) is 11.8 Å². The molecule has 1 aliphatic heterocycles. The molecular formula is C23H31F3N2O3.